The van der Waals surface area contributed by atoms with Gasteiger partial charge in [-0.1, -0.05) is 56.3 Å². The van der Waals surface area contributed by atoms with Crippen molar-refractivity contribution in [2.24, 2.45) is 5.92 Å². The number of hydrogen-bond acceptors (Lipinski definition) is 5. The fraction of sp³-hybridized carbons (Fsp3) is 0.500. The summed E-state index contributed by atoms with van der Waals surface area (Å²) in [5.74, 6) is 0.293. The molecule has 0 radical (unpaired) electrons. The van der Waals surface area contributed by atoms with Gasteiger partial charge in [0.25, 0.3) is 16.1 Å². The van der Waals surface area contributed by atoms with Crippen LogP contribution in [-0.4, -0.2) is 51.8 Å². The smallest absolute Gasteiger partial charge is 0.277 e. The largest absolute Gasteiger partial charge is 0.496 e. The van der Waals surface area contributed by atoms with E-state index in [1.807, 2.05) is 38.1 Å². The van der Waals surface area contributed by atoms with E-state index in [4.69, 9.17) is 4.74 Å². The third-order valence-electron chi connectivity index (χ3n) is 6.90. The molecule has 35 heavy (non-hydrogen) atoms. The lowest BCUT2D eigenvalue weighted by molar-refractivity contribution is 0.0932. The highest BCUT2D eigenvalue weighted by molar-refractivity contribution is 7.87. The van der Waals surface area contributed by atoms with Crippen molar-refractivity contribution in [3.8, 4) is 5.75 Å². The molecule has 1 unspecified atom stereocenters. The average Bonchev–Trinajstić information content (AvgIpc) is 2.87. The molecule has 0 saturated heterocycles. The zero-order valence-corrected chi connectivity index (χ0v) is 21.5. The van der Waals surface area contributed by atoms with Crippen LogP contribution in [0.2, 0.25) is 0 Å². The predicted molar refractivity (Wildman–Crippen MR) is 137 cm³/mol. The normalized spacial score (nSPS) is 21.5. The first kappa shape index (κ1) is 27.1. The van der Waals surface area contributed by atoms with Crippen LogP contribution in [0.3, 0.4) is 0 Å². The second-order valence-corrected chi connectivity index (χ2v) is 11.1. The number of carbonyl (C=O) groups is 1. The molecule has 1 amide bonds. The lowest BCUT2D eigenvalue weighted by Gasteiger charge is -2.41. The molecule has 0 heterocycles. The van der Waals surface area contributed by atoms with Gasteiger partial charge in [-0.25, -0.2) is 0 Å². The molecule has 9 heteroatoms. The van der Waals surface area contributed by atoms with Gasteiger partial charge < -0.3 is 15.2 Å². The number of aliphatic hydroxyl groups excluding tert-OH is 1. The van der Waals surface area contributed by atoms with Crippen LogP contribution in [0.1, 0.15) is 55.5 Å². The highest BCUT2D eigenvalue weighted by Crippen LogP contribution is 2.39. The molecule has 3 rings (SSSR count). The van der Waals surface area contributed by atoms with E-state index >= 15 is 0 Å². The molecule has 8 nitrogen and oxygen atoms in total. The fourth-order valence-corrected chi connectivity index (χ4v) is 6.15. The Hall–Kier alpha value is -2.46. The van der Waals surface area contributed by atoms with Gasteiger partial charge in [0.1, 0.15) is 5.75 Å². The number of carbonyl (C=O) groups excluding carboxylic acids is 1. The Balaban J connectivity index is 1.70. The molecule has 1 aliphatic carbocycles. The van der Waals surface area contributed by atoms with Crippen LogP contribution < -0.4 is 19.5 Å². The maximum atomic E-state index is 13.0. The van der Waals surface area contributed by atoms with Crippen LogP contribution in [0.15, 0.2) is 54.6 Å². The van der Waals surface area contributed by atoms with E-state index in [2.05, 4.69) is 26.9 Å². The third kappa shape index (κ3) is 7.04. The van der Waals surface area contributed by atoms with Gasteiger partial charge in [0, 0.05) is 24.0 Å². The zero-order valence-electron chi connectivity index (χ0n) is 20.7. The number of ether oxygens (including phenoxy) is 1. The Morgan fingerprint density at radius 1 is 1.09 bits per heavy atom. The zero-order chi connectivity index (χ0) is 25.5. The molecule has 0 aliphatic heterocycles. The Labute approximate surface area is 208 Å². The summed E-state index contributed by atoms with van der Waals surface area (Å²) in [5.41, 5.74) is 1.30. The molecule has 1 fully saturated rings. The second kappa shape index (κ2) is 12.0. The topological polar surface area (TPSA) is 117 Å². The van der Waals surface area contributed by atoms with Crippen molar-refractivity contribution in [1.82, 2.24) is 14.8 Å². The van der Waals surface area contributed by atoms with Crippen molar-refractivity contribution in [2.45, 2.75) is 57.0 Å². The summed E-state index contributed by atoms with van der Waals surface area (Å²) in [5, 5.41) is 12.6. The van der Waals surface area contributed by atoms with Gasteiger partial charge in [-0.2, -0.15) is 17.9 Å². The molecule has 0 bridgehead atoms. The van der Waals surface area contributed by atoms with Gasteiger partial charge in [-0.05, 0) is 49.3 Å². The Morgan fingerprint density at radius 3 is 2.31 bits per heavy atom. The van der Waals surface area contributed by atoms with Gasteiger partial charge in [0.15, 0.2) is 0 Å². The van der Waals surface area contributed by atoms with Crippen LogP contribution in [-0.2, 0) is 15.6 Å². The first-order valence-electron chi connectivity index (χ1n) is 12.1. The molecule has 4 N–H and O–H groups in total. The summed E-state index contributed by atoms with van der Waals surface area (Å²) in [6.07, 6.45) is 2.69. The first-order valence-corrected chi connectivity index (χ1v) is 13.5. The van der Waals surface area contributed by atoms with Crippen molar-refractivity contribution in [1.29, 1.82) is 0 Å². The van der Waals surface area contributed by atoms with Gasteiger partial charge in [0.05, 0.1) is 19.3 Å². The number of amides is 1. The van der Waals surface area contributed by atoms with Crippen LogP contribution in [0, 0.1) is 5.92 Å². The van der Waals surface area contributed by atoms with Crippen LogP contribution in [0.5, 0.6) is 5.75 Å². The van der Waals surface area contributed by atoms with E-state index in [0.29, 0.717) is 43.5 Å². The number of benzene rings is 2. The number of aliphatic hydroxyl groups is 1. The summed E-state index contributed by atoms with van der Waals surface area (Å²) in [6, 6.07) is 16.4. The third-order valence-corrected chi connectivity index (χ3v) is 8.15. The average molecular weight is 504 g/mol. The minimum Gasteiger partial charge on any atom is -0.496 e. The summed E-state index contributed by atoms with van der Waals surface area (Å²) in [7, 11) is -2.21. The maximum absolute atomic E-state index is 13.0. The number of methoxy groups -OCH3 is 1. The fourth-order valence-electron chi connectivity index (χ4n) is 4.66. The number of para-hydroxylation sites is 1. The van der Waals surface area contributed by atoms with Gasteiger partial charge >= 0.3 is 0 Å². The van der Waals surface area contributed by atoms with Crippen molar-refractivity contribution in [3.05, 3.63) is 65.7 Å². The Bertz CT molecular complexity index is 1070. The molecule has 2 aromatic carbocycles. The summed E-state index contributed by atoms with van der Waals surface area (Å²) in [6.45, 7) is 3.90. The molecule has 1 aliphatic rings. The summed E-state index contributed by atoms with van der Waals surface area (Å²) < 4.78 is 35.9. The quantitative estimate of drug-likeness (QED) is 0.376. The van der Waals surface area contributed by atoms with Crippen molar-refractivity contribution in [2.75, 3.05) is 20.3 Å². The Morgan fingerprint density at radius 2 is 1.71 bits per heavy atom. The van der Waals surface area contributed by atoms with Gasteiger partial charge in [-0.3, -0.25) is 4.79 Å². The molecule has 0 spiro atoms. The minimum atomic E-state index is -3.75. The van der Waals surface area contributed by atoms with E-state index in [1.165, 1.54) is 0 Å². The lowest BCUT2D eigenvalue weighted by atomic mass is 9.68. The lowest BCUT2D eigenvalue weighted by Crippen LogP contribution is -2.52. The standard InChI is InChI=1S/C26H37N3O5S/c1-19(2)23(17-30)29-35(32,33)28-21-13-15-26(16-14-21,20-9-5-4-6-10-20)18-27-25(31)22-11-7-8-12-24(22)34-3/h4-12,19,21,23,28-30H,13-18H2,1-3H3,(H,27,31). The monoisotopic (exact) mass is 503 g/mol. The maximum Gasteiger partial charge on any atom is 0.277 e. The highest BCUT2D eigenvalue weighted by atomic mass is 32.2. The number of hydrogen-bond donors (Lipinski definition) is 4. The first-order chi connectivity index (χ1) is 16.7. The second-order valence-electron chi connectivity index (χ2n) is 9.58. The van der Waals surface area contributed by atoms with E-state index in [1.54, 1.807) is 25.3 Å². The summed E-state index contributed by atoms with van der Waals surface area (Å²) >= 11 is 0. The van der Waals surface area contributed by atoms with E-state index < -0.39 is 16.3 Å². The van der Waals surface area contributed by atoms with E-state index in [0.717, 1.165) is 5.56 Å². The van der Waals surface area contributed by atoms with Gasteiger partial charge in [0.2, 0.25) is 0 Å². The molecule has 0 aromatic heterocycles. The molecule has 2 aromatic rings. The number of rotatable bonds is 11. The number of nitrogens with one attached hydrogen (secondary N) is 3. The predicted octanol–water partition coefficient (Wildman–Crippen LogP) is 2.75. The minimum absolute atomic E-state index is 0.0273. The molecular weight excluding hydrogens is 466 g/mol. The Kier molecular flexibility index (Phi) is 9.29. The molecule has 1 atom stereocenters. The summed E-state index contributed by atoms with van der Waals surface area (Å²) in [4.78, 5) is 13.0. The van der Waals surface area contributed by atoms with Gasteiger partial charge in [-0.15, -0.1) is 0 Å². The highest BCUT2D eigenvalue weighted by Gasteiger charge is 2.38. The van der Waals surface area contributed by atoms with E-state index in [9.17, 15) is 18.3 Å². The van der Waals surface area contributed by atoms with Crippen LogP contribution in [0.4, 0.5) is 0 Å². The molecule has 1 saturated carbocycles. The SMILES string of the molecule is COc1ccccc1C(=O)NCC1(c2ccccc2)CCC(NS(=O)(=O)NC(CO)C(C)C)CC1. The van der Waals surface area contributed by atoms with Crippen molar-refractivity contribution < 1.29 is 23.1 Å². The molecule has 192 valence electrons. The van der Waals surface area contributed by atoms with Crippen LogP contribution in [0.25, 0.3) is 0 Å². The van der Waals surface area contributed by atoms with E-state index in [-0.39, 0.29) is 29.9 Å². The van der Waals surface area contributed by atoms with Crippen molar-refractivity contribution >= 4 is 16.1 Å². The molecular formula is C26H37N3O5S. The van der Waals surface area contributed by atoms with Crippen LogP contribution >= 0.6 is 0 Å². The van der Waals surface area contributed by atoms with Crippen molar-refractivity contribution in [3.63, 3.8) is 0 Å².